The first-order valence-electron chi connectivity index (χ1n) is 6.06. The van der Waals surface area contributed by atoms with Gasteiger partial charge < -0.3 is 9.80 Å². The summed E-state index contributed by atoms with van der Waals surface area (Å²) in [5.41, 5.74) is 0.706. The fourth-order valence-electron chi connectivity index (χ4n) is 1.91. The number of carbonyl (C=O) groups is 1. The standard InChI is InChI=1S/C14H17FN2O/c1-16-7-9-17(10-8-16)14(18)6-5-12-3-2-4-13(15)11-12/h2-6,11H,7-10H2,1H3/b6-5+. The van der Waals surface area contributed by atoms with Crippen LogP contribution < -0.4 is 0 Å². The van der Waals surface area contributed by atoms with Gasteiger partial charge in [-0.2, -0.15) is 0 Å². The Morgan fingerprint density at radius 3 is 2.67 bits per heavy atom. The molecule has 1 aromatic rings. The molecular formula is C14H17FN2O. The number of nitrogens with zero attached hydrogens (tertiary/aromatic N) is 2. The van der Waals surface area contributed by atoms with Gasteiger partial charge in [-0.3, -0.25) is 4.79 Å². The van der Waals surface area contributed by atoms with Crippen LogP contribution in [0.2, 0.25) is 0 Å². The van der Waals surface area contributed by atoms with Crippen molar-refractivity contribution in [1.29, 1.82) is 0 Å². The topological polar surface area (TPSA) is 23.6 Å². The number of hydrogen-bond donors (Lipinski definition) is 0. The van der Waals surface area contributed by atoms with Crippen LogP contribution >= 0.6 is 0 Å². The Labute approximate surface area is 107 Å². The Bertz CT molecular complexity index is 451. The van der Waals surface area contributed by atoms with E-state index in [0.29, 0.717) is 5.56 Å². The van der Waals surface area contributed by atoms with Crippen LogP contribution in [0.3, 0.4) is 0 Å². The molecule has 0 aromatic heterocycles. The van der Waals surface area contributed by atoms with Gasteiger partial charge in [-0.15, -0.1) is 0 Å². The number of amides is 1. The van der Waals surface area contributed by atoms with Gasteiger partial charge in [0.05, 0.1) is 0 Å². The minimum atomic E-state index is -0.288. The molecule has 1 fully saturated rings. The van der Waals surface area contributed by atoms with Crippen LogP contribution in [-0.2, 0) is 4.79 Å². The number of halogens is 1. The quantitative estimate of drug-likeness (QED) is 0.742. The van der Waals surface area contributed by atoms with E-state index in [1.165, 1.54) is 18.2 Å². The highest BCUT2D eigenvalue weighted by molar-refractivity contribution is 5.91. The Morgan fingerprint density at radius 2 is 2.00 bits per heavy atom. The zero-order valence-electron chi connectivity index (χ0n) is 10.5. The summed E-state index contributed by atoms with van der Waals surface area (Å²) in [6.07, 6.45) is 3.17. The molecule has 0 N–H and O–H groups in total. The lowest BCUT2D eigenvalue weighted by Gasteiger charge is -2.31. The summed E-state index contributed by atoms with van der Waals surface area (Å²) in [5, 5.41) is 0. The van der Waals surface area contributed by atoms with E-state index in [9.17, 15) is 9.18 Å². The van der Waals surface area contributed by atoms with Crippen molar-refractivity contribution in [3.05, 3.63) is 41.7 Å². The van der Waals surface area contributed by atoms with Gasteiger partial charge in [-0.05, 0) is 30.8 Å². The smallest absolute Gasteiger partial charge is 0.246 e. The van der Waals surface area contributed by atoms with E-state index < -0.39 is 0 Å². The molecular weight excluding hydrogens is 231 g/mol. The molecule has 1 saturated heterocycles. The van der Waals surface area contributed by atoms with Crippen LogP contribution in [0.4, 0.5) is 4.39 Å². The maximum atomic E-state index is 13.0. The molecule has 1 aliphatic rings. The second-order valence-electron chi connectivity index (χ2n) is 4.52. The van der Waals surface area contributed by atoms with Crippen molar-refractivity contribution in [2.75, 3.05) is 33.2 Å². The molecule has 0 unspecified atom stereocenters. The minimum Gasteiger partial charge on any atom is -0.337 e. The van der Waals surface area contributed by atoms with Crippen molar-refractivity contribution < 1.29 is 9.18 Å². The van der Waals surface area contributed by atoms with E-state index >= 15 is 0 Å². The first-order chi connectivity index (χ1) is 8.65. The van der Waals surface area contributed by atoms with E-state index in [-0.39, 0.29) is 11.7 Å². The fourth-order valence-corrected chi connectivity index (χ4v) is 1.91. The summed E-state index contributed by atoms with van der Waals surface area (Å²) in [7, 11) is 2.05. The predicted octanol–water partition coefficient (Wildman–Crippen LogP) is 1.61. The van der Waals surface area contributed by atoms with Crippen LogP contribution in [0, 0.1) is 5.82 Å². The number of carbonyl (C=O) groups excluding carboxylic acids is 1. The van der Waals surface area contributed by atoms with Crippen molar-refractivity contribution in [3.8, 4) is 0 Å². The molecule has 3 nitrogen and oxygen atoms in total. The first-order valence-corrected chi connectivity index (χ1v) is 6.06. The number of benzene rings is 1. The zero-order valence-corrected chi connectivity index (χ0v) is 10.5. The van der Waals surface area contributed by atoms with Crippen LogP contribution in [0.5, 0.6) is 0 Å². The molecule has 1 heterocycles. The van der Waals surface area contributed by atoms with Gasteiger partial charge in [0.1, 0.15) is 5.82 Å². The number of rotatable bonds is 2. The zero-order chi connectivity index (χ0) is 13.0. The lowest BCUT2D eigenvalue weighted by atomic mass is 10.2. The molecule has 0 bridgehead atoms. The number of hydrogen-bond acceptors (Lipinski definition) is 2. The molecule has 1 aliphatic heterocycles. The van der Waals surface area contributed by atoms with Crippen molar-refractivity contribution in [2.45, 2.75) is 0 Å². The van der Waals surface area contributed by atoms with Crippen LogP contribution in [0.1, 0.15) is 5.56 Å². The summed E-state index contributed by atoms with van der Waals surface area (Å²) >= 11 is 0. The molecule has 1 amide bonds. The molecule has 2 rings (SSSR count). The second kappa shape index (κ2) is 5.78. The Kier molecular flexibility index (Phi) is 4.10. The highest BCUT2D eigenvalue weighted by Gasteiger charge is 2.16. The lowest BCUT2D eigenvalue weighted by molar-refractivity contribution is -0.127. The van der Waals surface area contributed by atoms with Crippen LogP contribution in [0.15, 0.2) is 30.3 Å². The maximum absolute atomic E-state index is 13.0. The molecule has 0 radical (unpaired) electrons. The summed E-state index contributed by atoms with van der Waals surface area (Å²) in [5.74, 6) is -0.295. The van der Waals surface area contributed by atoms with E-state index in [1.807, 2.05) is 11.9 Å². The SMILES string of the molecule is CN1CCN(C(=O)/C=C/c2cccc(F)c2)CC1. The predicted molar refractivity (Wildman–Crippen MR) is 69.5 cm³/mol. The lowest BCUT2D eigenvalue weighted by Crippen LogP contribution is -2.46. The summed E-state index contributed by atoms with van der Waals surface area (Å²) in [6, 6.07) is 6.21. The Hall–Kier alpha value is -1.68. The highest BCUT2D eigenvalue weighted by Crippen LogP contribution is 2.07. The van der Waals surface area contributed by atoms with Crippen LogP contribution in [-0.4, -0.2) is 48.9 Å². The number of piperazine rings is 1. The molecule has 0 aliphatic carbocycles. The van der Waals surface area contributed by atoms with E-state index in [1.54, 1.807) is 18.2 Å². The van der Waals surface area contributed by atoms with Gasteiger partial charge in [-0.1, -0.05) is 12.1 Å². The summed E-state index contributed by atoms with van der Waals surface area (Å²) in [6.45, 7) is 3.31. The normalized spacial score (nSPS) is 17.3. The number of likely N-dealkylation sites (N-methyl/N-ethyl adjacent to an activating group) is 1. The maximum Gasteiger partial charge on any atom is 0.246 e. The average molecular weight is 248 g/mol. The van der Waals surface area contributed by atoms with E-state index in [0.717, 1.165) is 26.2 Å². The largest absolute Gasteiger partial charge is 0.337 e. The fraction of sp³-hybridized carbons (Fsp3) is 0.357. The summed E-state index contributed by atoms with van der Waals surface area (Å²) in [4.78, 5) is 15.9. The Morgan fingerprint density at radius 1 is 1.28 bits per heavy atom. The molecule has 4 heteroatoms. The van der Waals surface area contributed by atoms with Crippen LogP contribution in [0.25, 0.3) is 6.08 Å². The Balaban J connectivity index is 1.94. The highest BCUT2D eigenvalue weighted by atomic mass is 19.1. The van der Waals surface area contributed by atoms with E-state index in [4.69, 9.17) is 0 Å². The minimum absolute atomic E-state index is 0.00707. The third kappa shape index (κ3) is 3.40. The molecule has 18 heavy (non-hydrogen) atoms. The summed E-state index contributed by atoms with van der Waals surface area (Å²) < 4.78 is 13.0. The van der Waals surface area contributed by atoms with Crippen molar-refractivity contribution in [1.82, 2.24) is 9.80 Å². The molecule has 0 saturated carbocycles. The molecule has 96 valence electrons. The molecule has 0 spiro atoms. The van der Waals surface area contributed by atoms with Gasteiger partial charge in [-0.25, -0.2) is 4.39 Å². The van der Waals surface area contributed by atoms with Gasteiger partial charge >= 0.3 is 0 Å². The van der Waals surface area contributed by atoms with Crippen molar-refractivity contribution in [2.24, 2.45) is 0 Å². The average Bonchev–Trinajstić information content (AvgIpc) is 2.37. The van der Waals surface area contributed by atoms with E-state index in [2.05, 4.69) is 4.90 Å². The van der Waals surface area contributed by atoms with Gasteiger partial charge in [0, 0.05) is 32.3 Å². The third-order valence-corrected chi connectivity index (χ3v) is 3.08. The molecule has 0 atom stereocenters. The third-order valence-electron chi connectivity index (χ3n) is 3.08. The van der Waals surface area contributed by atoms with Gasteiger partial charge in [0.2, 0.25) is 5.91 Å². The second-order valence-corrected chi connectivity index (χ2v) is 4.52. The molecule has 1 aromatic carbocycles. The monoisotopic (exact) mass is 248 g/mol. The van der Waals surface area contributed by atoms with Gasteiger partial charge in [0.15, 0.2) is 0 Å². The van der Waals surface area contributed by atoms with Crippen molar-refractivity contribution >= 4 is 12.0 Å². The van der Waals surface area contributed by atoms with Crippen molar-refractivity contribution in [3.63, 3.8) is 0 Å². The van der Waals surface area contributed by atoms with Gasteiger partial charge in [0.25, 0.3) is 0 Å². The first kappa shape index (κ1) is 12.8.